The lowest BCUT2D eigenvalue weighted by molar-refractivity contribution is -0.132. The molecule has 4 heterocycles. The summed E-state index contributed by atoms with van der Waals surface area (Å²) in [6.45, 7) is 11.9. The third kappa shape index (κ3) is 13.4. The molecule has 12 nitrogen and oxygen atoms in total. The van der Waals surface area contributed by atoms with Crippen molar-refractivity contribution in [1.82, 2.24) is 19.6 Å². The van der Waals surface area contributed by atoms with E-state index in [0.717, 1.165) is 127 Å². The number of carbonyl (C=O) groups excluding carboxylic acids is 2. The van der Waals surface area contributed by atoms with Crippen molar-refractivity contribution in [3.05, 3.63) is 124 Å². The summed E-state index contributed by atoms with van der Waals surface area (Å²) in [5.41, 5.74) is 5.17. The van der Waals surface area contributed by atoms with E-state index < -0.39 is 32.1 Å². The fourth-order valence-corrected chi connectivity index (χ4v) is 13.4. The van der Waals surface area contributed by atoms with Gasteiger partial charge in [-0.3, -0.25) is 24.3 Å². The number of morpholine rings is 1. The molecular formula is C56H69ClF3N7O5S2. The molecule has 4 aromatic carbocycles. The van der Waals surface area contributed by atoms with E-state index in [1.807, 2.05) is 54.6 Å². The number of carbonyl (C=O) groups is 2. The molecule has 0 radical (unpaired) electrons. The van der Waals surface area contributed by atoms with Crippen LogP contribution in [0.25, 0.3) is 5.57 Å². The number of alkyl halides is 3. The molecule has 4 aromatic rings. The molecular weight excluding hydrogens is 1010 g/mol. The summed E-state index contributed by atoms with van der Waals surface area (Å²) >= 11 is 7.87. The normalized spacial score (nSPS) is 21.4. The van der Waals surface area contributed by atoms with Gasteiger partial charge in [0.05, 0.1) is 30.3 Å². The Balaban J connectivity index is 0.849. The van der Waals surface area contributed by atoms with Gasteiger partial charge >= 0.3 is 5.51 Å². The SMILES string of the molecule is NCC1CCN(CC(=O)N2CCC3(CCC(c4ccc(Cl)cc4)=C(CN4CCN(c5ccc(C(=O)c6ccc(NC(CCN7CCOCC7)CSc7ccccc7)c(S(=O)(=O)C(F)(F)F)c6)cc5)CC4)C3)C2)CC1. The molecule has 4 saturated heterocycles. The Morgan fingerprint density at radius 2 is 1.53 bits per heavy atom. The minimum Gasteiger partial charge on any atom is -0.380 e. The van der Waals surface area contributed by atoms with Gasteiger partial charge in [0.1, 0.15) is 0 Å². The fourth-order valence-electron chi connectivity index (χ4n) is 11.4. The van der Waals surface area contributed by atoms with Crippen molar-refractivity contribution in [3.8, 4) is 0 Å². The number of halogens is 4. The number of likely N-dealkylation sites (tertiary alicyclic amines) is 2. The lowest BCUT2D eigenvalue weighted by Gasteiger charge is -2.41. The van der Waals surface area contributed by atoms with Crippen molar-refractivity contribution in [2.24, 2.45) is 17.1 Å². The van der Waals surface area contributed by atoms with E-state index >= 15 is 0 Å². The molecule has 9 rings (SSSR count). The minimum absolute atomic E-state index is 0.0513. The quantitative estimate of drug-likeness (QED) is 0.0730. The van der Waals surface area contributed by atoms with Crippen LogP contribution >= 0.6 is 23.4 Å². The number of rotatable bonds is 18. The smallest absolute Gasteiger partial charge is 0.380 e. The molecule has 1 aliphatic carbocycles. The van der Waals surface area contributed by atoms with Crippen molar-refractivity contribution in [1.29, 1.82) is 0 Å². The number of nitrogens with one attached hydrogen (secondary N) is 1. The van der Waals surface area contributed by atoms with Crippen molar-refractivity contribution >= 4 is 61.8 Å². The summed E-state index contributed by atoms with van der Waals surface area (Å²) in [7, 11) is -5.85. The van der Waals surface area contributed by atoms with Gasteiger partial charge < -0.3 is 25.6 Å². The fraction of sp³-hybridized carbons (Fsp3) is 0.500. The first-order chi connectivity index (χ1) is 35.6. The van der Waals surface area contributed by atoms with Crippen molar-refractivity contribution in [2.75, 3.05) is 121 Å². The number of ketones is 1. The van der Waals surface area contributed by atoms with Crippen LogP contribution in [0.5, 0.6) is 0 Å². The van der Waals surface area contributed by atoms with E-state index in [1.165, 1.54) is 40.6 Å². The highest BCUT2D eigenvalue weighted by molar-refractivity contribution is 7.99. The molecule has 74 heavy (non-hydrogen) atoms. The highest BCUT2D eigenvalue weighted by atomic mass is 35.5. The van der Waals surface area contributed by atoms with Crippen LogP contribution in [0.2, 0.25) is 5.02 Å². The van der Waals surface area contributed by atoms with Crippen LogP contribution in [0.1, 0.15) is 66.4 Å². The molecule has 2 unspecified atom stereocenters. The van der Waals surface area contributed by atoms with Crippen molar-refractivity contribution in [2.45, 2.75) is 66.3 Å². The number of nitrogens with two attached hydrogens (primary N) is 1. The van der Waals surface area contributed by atoms with E-state index in [2.05, 4.69) is 41.9 Å². The summed E-state index contributed by atoms with van der Waals surface area (Å²) in [5.74, 6) is 0.671. The Labute approximate surface area is 443 Å². The molecule has 0 saturated carbocycles. The van der Waals surface area contributed by atoms with Crippen molar-refractivity contribution in [3.63, 3.8) is 0 Å². The molecule has 5 aliphatic rings. The van der Waals surface area contributed by atoms with E-state index in [-0.39, 0.29) is 28.1 Å². The lowest BCUT2D eigenvalue weighted by atomic mass is 9.69. The number of allylic oxidation sites excluding steroid dienone is 1. The Morgan fingerprint density at radius 1 is 0.824 bits per heavy atom. The maximum atomic E-state index is 14.3. The predicted molar refractivity (Wildman–Crippen MR) is 289 cm³/mol. The van der Waals surface area contributed by atoms with Gasteiger partial charge in [-0.2, -0.15) is 13.2 Å². The first-order valence-corrected chi connectivity index (χ1v) is 29.0. The van der Waals surface area contributed by atoms with Crippen LogP contribution in [0.4, 0.5) is 24.5 Å². The molecule has 3 N–H and O–H groups in total. The second-order valence-corrected chi connectivity index (χ2v) is 24.2. The number of piperazine rings is 1. The first kappa shape index (κ1) is 54.3. The summed E-state index contributed by atoms with van der Waals surface area (Å²) in [4.78, 5) is 39.0. The average molecular weight is 1080 g/mol. The topological polar surface area (TPSA) is 132 Å². The van der Waals surface area contributed by atoms with Gasteiger partial charge in [-0.25, -0.2) is 8.42 Å². The maximum absolute atomic E-state index is 14.3. The minimum atomic E-state index is -5.85. The van der Waals surface area contributed by atoms with Gasteiger partial charge in [0.15, 0.2) is 5.78 Å². The Bertz CT molecular complexity index is 2700. The number of piperidine rings is 1. The van der Waals surface area contributed by atoms with Crippen LogP contribution in [0.15, 0.2) is 112 Å². The monoisotopic (exact) mass is 1080 g/mol. The largest absolute Gasteiger partial charge is 0.501 e. The molecule has 18 heteroatoms. The predicted octanol–water partition coefficient (Wildman–Crippen LogP) is 8.81. The molecule has 0 bridgehead atoms. The molecule has 4 fully saturated rings. The number of sulfone groups is 1. The zero-order valence-electron chi connectivity index (χ0n) is 42.0. The second kappa shape index (κ2) is 24.3. The average Bonchev–Trinajstić information content (AvgIpc) is 3.83. The molecule has 4 aliphatic heterocycles. The number of thioether (sulfide) groups is 1. The first-order valence-electron chi connectivity index (χ1n) is 26.1. The third-order valence-electron chi connectivity index (χ3n) is 15.9. The summed E-state index contributed by atoms with van der Waals surface area (Å²) in [5, 5.41) is 3.85. The second-order valence-electron chi connectivity index (χ2n) is 20.8. The summed E-state index contributed by atoms with van der Waals surface area (Å²) in [6, 6.07) is 27.9. The highest BCUT2D eigenvalue weighted by Crippen LogP contribution is 2.49. The number of hydrogen-bond donors (Lipinski definition) is 2. The van der Waals surface area contributed by atoms with Gasteiger partial charge in [-0.1, -0.05) is 47.5 Å². The molecule has 1 spiro atoms. The highest BCUT2D eigenvalue weighted by Gasteiger charge is 2.48. The maximum Gasteiger partial charge on any atom is 0.501 e. The third-order valence-corrected chi connectivity index (χ3v) is 18.8. The van der Waals surface area contributed by atoms with Gasteiger partial charge in [0, 0.05) is 104 Å². The Kier molecular flexibility index (Phi) is 17.8. The number of ether oxygens (including phenoxy) is 1. The van der Waals surface area contributed by atoms with Gasteiger partial charge in [0.25, 0.3) is 9.84 Å². The van der Waals surface area contributed by atoms with Gasteiger partial charge in [-0.15, -0.1) is 11.8 Å². The zero-order valence-corrected chi connectivity index (χ0v) is 44.4. The van der Waals surface area contributed by atoms with Crippen LogP contribution in [-0.4, -0.2) is 162 Å². The zero-order chi connectivity index (χ0) is 51.9. The number of anilines is 2. The van der Waals surface area contributed by atoms with Crippen LogP contribution in [0.3, 0.4) is 0 Å². The number of hydrogen-bond acceptors (Lipinski definition) is 12. The molecule has 1 amide bonds. The van der Waals surface area contributed by atoms with E-state index in [1.54, 1.807) is 12.1 Å². The summed E-state index contributed by atoms with van der Waals surface area (Å²) < 4.78 is 75.0. The van der Waals surface area contributed by atoms with E-state index in [0.29, 0.717) is 56.0 Å². The van der Waals surface area contributed by atoms with Crippen LogP contribution in [0, 0.1) is 11.3 Å². The van der Waals surface area contributed by atoms with Crippen LogP contribution in [-0.2, 0) is 19.4 Å². The van der Waals surface area contributed by atoms with Gasteiger partial charge in [-0.05, 0) is 154 Å². The standard InChI is InChI=1S/C56H69ClF3N7O5S2/c57-46-11-6-42(7-12-46)50-16-20-55(21-25-67(40-55)53(68)38-64-22-17-41(36-61)18-23-64)35-45(50)37-65-26-28-66(29-27-65)48-13-8-43(9-14-48)54(69)44-10-15-51(52(34-44)74(70,71)56(58,59)60)62-47(19-24-63-30-32-72-33-31-63)39-73-49-4-2-1-3-5-49/h1-15,34,41,47,62H,16-33,35-40,61H2. The molecule has 0 aromatic heterocycles. The summed E-state index contributed by atoms with van der Waals surface area (Å²) in [6.07, 6.45) is 6.57. The number of nitrogens with zero attached hydrogens (tertiary/aromatic N) is 5. The molecule has 2 atom stereocenters. The lowest BCUT2D eigenvalue weighted by Crippen LogP contribution is -2.47. The number of amides is 1. The number of benzene rings is 4. The van der Waals surface area contributed by atoms with E-state index in [9.17, 15) is 31.2 Å². The Morgan fingerprint density at radius 3 is 2.22 bits per heavy atom. The van der Waals surface area contributed by atoms with Crippen molar-refractivity contribution < 1.29 is 35.9 Å². The van der Waals surface area contributed by atoms with E-state index in [4.69, 9.17) is 22.1 Å². The Hall–Kier alpha value is -4.46. The van der Waals surface area contributed by atoms with Gasteiger partial charge in [0.2, 0.25) is 5.91 Å². The van der Waals surface area contributed by atoms with Crippen LogP contribution < -0.4 is 16.0 Å². The molecule has 398 valence electrons.